The highest BCUT2D eigenvalue weighted by Crippen LogP contribution is 1.90. The predicted octanol–water partition coefficient (Wildman–Crippen LogP) is 0.989. The zero-order valence-corrected chi connectivity index (χ0v) is 8.66. The third kappa shape index (κ3) is 6.31. The Labute approximate surface area is 79.1 Å². The molecule has 0 fully saturated rings. The molecule has 4 heteroatoms. The molecule has 0 aliphatic heterocycles. The Morgan fingerprint density at radius 3 is 2.54 bits per heavy atom. The van der Waals surface area contributed by atoms with Crippen LogP contribution in [0.25, 0.3) is 0 Å². The number of ether oxygens (including phenoxy) is 1. The number of hydrogen-bond acceptors (Lipinski definition) is 3. The second-order valence-corrected chi connectivity index (χ2v) is 2.87. The lowest BCUT2D eigenvalue weighted by Crippen LogP contribution is -2.29. The molecule has 0 bridgehead atoms. The molecule has 0 aliphatic carbocycles. The van der Waals surface area contributed by atoms with Crippen molar-refractivity contribution in [2.75, 3.05) is 27.4 Å². The second kappa shape index (κ2) is 6.62. The Bertz CT molecular complexity index is 185. The zero-order chi connectivity index (χ0) is 10.3. The standard InChI is InChI=1S/C9H17NO3/c1-8(2)5-6-13-7-9(11)10(3)12-4/h5H,6-7H2,1-4H3. The molecule has 0 spiro atoms. The van der Waals surface area contributed by atoms with Gasteiger partial charge in [0.1, 0.15) is 6.61 Å². The van der Waals surface area contributed by atoms with Gasteiger partial charge in [-0.3, -0.25) is 9.63 Å². The van der Waals surface area contributed by atoms with Gasteiger partial charge in [0.2, 0.25) is 0 Å². The largest absolute Gasteiger partial charge is 0.367 e. The number of carbonyl (C=O) groups is 1. The Morgan fingerprint density at radius 1 is 1.46 bits per heavy atom. The van der Waals surface area contributed by atoms with E-state index in [0.717, 1.165) is 5.06 Å². The molecule has 0 heterocycles. The highest BCUT2D eigenvalue weighted by molar-refractivity contribution is 5.76. The third-order valence-corrected chi connectivity index (χ3v) is 1.46. The third-order valence-electron chi connectivity index (χ3n) is 1.46. The van der Waals surface area contributed by atoms with Crippen LogP contribution in [0.4, 0.5) is 0 Å². The second-order valence-electron chi connectivity index (χ2n) is 2.87. The van der Waals surface area contributed by atoms with Crippen LogP contribution in [0.5, 0.6) is 0 Å². The fraction of sp³-hybridized carbons (Fsp3) is 0.667. The molecule has 0 saturated heterocycles. The van der Waals surface area contributed by atoms with Gasteiger partial charge in [0.15, 0.2) is 0 Å². The Balaban J connectivity index is 3.54. The maximum Gasteiger partial charge on any atom is 0.271 e. The van der Waals surface area contributed by atoms with Crippen LogP contribution in [0, 0.1) is 0 Å². The summed E-state index contributed by atoms with van der Waals surface area (Å²) < 4.78 is 5.08. The summed E-state index contributed by atoms with van der Waals surface area (Å²) in [6.45, 7) is 4.47. The lowest BCUT2D eigenvalue weighted by atomic mass is 10.3. The average Bonchev–Trinajstić information content (AvgIpc) is 2.10. The van der Waals surface area contributed by atoms with Gasteiger partial charge in [-0.2, -0.15) is 0 Å². The first-order valence-corrected chi connectivity index (χ1v) is 4.09. The monoisotopic (exact) mass is 187 g/mol. The summed E-state index contributed by atoms with van der Waals surface area (Å²) >= 11 is 0. The number of nitrogens with zero attached hydrogens (tertiary/aromatic N) is 1. The molecule has 0 saturated carbocycles. The van der Waals surface area contributed by atoms with Crippen LogP contribution in [0.1, 0.15) is 13.8 Å². The molecule has 0 aromatic rings. The normalized spacial score (nSPS) is 9.54. The fourth-order valence-electron chi connectivity index (χ4n) is 0.565. The molecule has 13 heavy (non-hydrogen) atoms. The van der Waals surface area contributed by atoms with Gasteiger partial charge in [-0.25, -0.2) is 5.06 Å². The van der Waals surface area contributed by atoms with E-state index in [9.17, 15) is 4.79 Å². The van der Waals surface area contributed by atoms with E-state index in [4.69, 9.17) is 4.74 Å². The molecule has 0 aromatic heterocycles. The smallest absolute Gasteiger partial charge is 0.271 e. The highest BCUT2D eigenvalue weighted by Gasteiger charge is 2.06. The molecule has 0 atom stereocenters. The number of likely N-dealkylation sites (N-methyl/N-ethyl adjacent to an activating group) is 1. The molecule has 4 nitrogen and oxygen atoms in total. The lowest BCUT2D eigenvalue weighted by molar-refractivity contribution is -0.173. The van der Waals surface area contributed by atoms with E-state index in [-0.39, 0.29) is 12.5 Å². The summed E-state index contributed by atoms with van der Waals surface area (Å²) in [6.07, 6.45) is 1.92. The van der Waals surface area contributed by atoms with Gasteiger partial charge in [-0.05, 0) is 13.8 Å². The van der Waals surface area contributed by atoms with Crippen molar-refractivity contribution in [1.29, 1.82) is 0 Å². The van der Waals surface area contributed by atoms with Gasteiger partial charge in [0.25, 0.3) is 5.91 Å². The molecule has 0 aliphatic rings. The first-order valence-electron chi connectivity index (χ1n) is 4.09. The van der Waals surface area contributed by atoms with E-state index >= 15 is 0 Å². The summed E-state index contributed by atoms with van der Waals surface area (Å²) in [5.74, 6) is -0.190. The van der Waals surface area contributed by atoms with Crippen molar-refractivity contribution in [1.82, 2.24) is 5.06 Å². The Kier molecular flexibility index (Phi) is 6.18. The van der Waals surface area contributed by atoms with Crippen molar-refractivity contribution in [2.24, 2.45) is 0 Å². The minimum absolute atomic E-state index is 0.0497. The van der Waals surface area contributed by atoms with Crippen molar-refractivity contribution < 1.29 is 14.4 Å². The van der Waals surface area contributed by atoms with Gasteiger partial charge < -0.3 is 4.74 Å². The van der Waals surface area contributed by atoms with Crippen LogP contribution in [-0.2, 0) is 14.4 Å². The summed E-state index contributed by atoms with van der Waals surface area (Å²) in [7, 11) is 2.99. The van der Waals surface area contributed by atoms with Gasteiger partial charge >= 0.3 is 0 Å². The average molecular weight is 187 g/mol. The van der Waals surface area contributed by atoms with Gasteiger partial charge in [0.05, 0.1) is 13.7 Å². The van der Waals surface area contributed by atoms with Gasteiger partial charge in [-0.1, -0.05) is 11.6 Å². The van der Waals surface area contributed by atoms with Crippen LogP contribution in [-0.4, -0.2) is 38.3 Å². The molecule has 0 unspecified atom stereocenters. The van der Waals surface area contributed by atoms with Crippen molar-refractivity contribution >= 4 is 5.91 Å². The van der Waals surface area contributed by atoms with Crippen LogP contribution >= 0.6 is 0 Å². The topological polar surface area (TPSA) is 38.8 Å². The van der Waals surface area contributed by atoms with Crippen molar-refractivity contribution in [3.8, 4) is 0 Å². The van der Waals surface area contributed by atoms with Crippen molar-refractivity contribution in [3.05, 3.63) is 11.6 Å². The number of rotatable bonds is 5. The number of hydroxylamine groups is 2. The summed E-state index contributed by atoms with van der Waals surface area (Å²) in [6, 6.07) is 0. The highest BCUT2D eigenvalue weighted by atomic mass is 16.7. The summed E-state index contributed by atoms with van der Waals surface area (Å²) in [5, 5.41) is 1.14. The molecule has 0 aromatic carbocycles. The molecule has 0 rings (SSSR count). The van der Waals surface area contributed by atoms with Gasteiger partial charge in [0, 0.05) is 7.05 Å². The molecule has 0 N–H and O–H groups in total. The number of amides is 1. The van der Waals surface area contributed by atoms with E-state index < -0.39 is 0 Å². The minimum atomic E-state index is -0.190. The van der Waals surface area contributed by atoms with E-state index in [0.29, 0.717) is 6.61 Å². The van der Waals surface area contributed by atoms with Crippen LogP contribution in [0.3, 0.4) is 0 Å². The molecular weight excluding hydrogens is 170 g/mol. The summed E-state index contributed by atoms with van der Waals surface area (Å²) in [5.41, 5.74) is 1.17. The van der Waals surface area contributed by atoms with Crippen molar-refractivity contribution in [3.63, 3.8) is 0 Å². The maximum atomic E-state index is 11.1. The zero-order valence-electron chi connectivity index (χ0n) is 8.66. The summed E-state index contributed by atoms with van der Waals surface area (Å²) in [4.78, 5) is 15.8. The van der Waals surface area contributed by atoms with E-state index in [1.807, 2.05) is 19.9 Å². The molecular formula is C9H17NO3. The first-order chi connectivity index (χ1) is 6.07. The molecule has 76 valence electrons. The van der Waals surface area contributed by atoms with Crippen molar-refractivity contribution in [2.45, 2.75) is 13.8 Å². The Hall–Kier alpha value is -0.870. The van der Waals surface area contributed by atoms with Crippen LogP contribution in [0.2, 0.25) is 0 Å². The quantitative estimate of drug-likeness (QED) is 0.366. The molecule has 0 radical (unpaired) electrons. The Morgan fingerprint density at radius 2 is 2.08 bits per heavy atom. The maximum absolute atomic E-state index is 11.1. The van der Waals surface area contributed by atoms with Crippen LogP contribution < -0.4 is 0 Å². The number of carbonyl (C=O) groups excluding carboxylic acids is 1. The number of allylic oxidation sites excluding steroid dienone is 1. The number of hydrogen-bond donors (Lipinski definition) is 0. The minimum Gasteiger partial charge on any atom is -0.367 e. The fourth-order valence-corrected chi connectivity index (χ4v) is 0.565. The first kappa shape index (κ1) is 12.1. The van der Waals surface area contributed by atoms with Gasteiger partial charge in [-0.15, -0.1) is 0 Å². The molecule has 1 amide bonds. The van der Waals surface area contributed by atoms with E-state index in [1.54, 1.807) is 7.05 Å². The van der Waals surface area contributed by atoms with E-state index in [2.05, 4.69) is 4.84 Å². The SMILES string of the molecule is CON(C)C(=O)COCC=C(C)C. The van der Waals surface area contributed by atoms with Crippen LogP contribution in [0.15, 0.2) is 11.6 Å². The lowest BCUT2D eigenvalue weighted by Gasteiger charge is -2.12. The van der Waals surface area contributed by atoms with E-state index in [1.165, 1.54) is 12.7 Å². The predicted molar refractivity (Wildman–Crippen MR) is 50.0 cm³/mol.